The van der Waals surface area contributed by atoms with Gasteiger partial charge in [-0.2, -0.15) is 4.98 Å². The van der Waals surface area contributed by atoms with Gasteiger partial charge in [0.05, 0.1) is 6.04 Å². The van der Waals surface area contributed by atoms with E-state index in [1.165, 1.54) is 12.1 Å². The summed E-state index contributed by atoms with van der Waals surface area (Å²) in [6, 6.07) is 5.67. The number of nitrogens with zero attached hydrogens (tertiary/aromatic N) is 3. The summed E-state index contributed by atoms with van der Waals surface area (Å²) >= 11 is 0. The van der Waals surface area contributed by atoms with Crippen LogP contribution in [0.3, 0.4) is 0 Å². The fraction of sp³-hybridized carbons (Fsp3) is 0.214. The van der Waals surface area contributed by atoms with E-state index in [-0.39, 0.29) is 23.7 Å². The number of halogens is 1. The van der Waals surface area contributed by atoms with Gasteiger partial charge in [0, 0.05) is 18.0 Å². The average Bonchev–Trinajstić information content (AvgIpc) is 3.03. The molecule has 3 rings (SSSR count). The van der Waals surface area contributed by atoms with Crippen molar-refractivity contribution in [1.29, 1.82) is 0 Å². The van der Waals surface area contributed by atoms with Gasteiger partial charge < -0.3 is 15.6 Å². The number of aromatic amines is 1. The quantitative estimate of drug-likeness (QED) is 0.682. The van der Waals surface area contributed by atoms with E-state index in [1.54, 1.807) is 30.7 Å². The molecule has 0 radical (unpaired) electrons. The molecule has 2 aromatic heterocycles. The van der Waals surface area contributed by atoms with Gasteiger partial charge in [-0.05, 0) is 31.2 Å². The minimum Gasteiger partial charge on any atom is -0.367 e. The summed E-state index contributed by atoms with van der Waals surface area (Å²) in [6.45, 7) is 1.76. The first kappa shape index (κ1) is 14.1. The van der Waals surface area contributed by atoms with E-state index in [2.05, 4.69) is 20.5 Å². The molecule has 8 heteroatoms. The zero-order chi connectivity index (χ0) is 15.9. The summed E-state index contributed by atoms with van der Waals surface area (Å²) in [7, 11) is 1.76. The molecular weight excluding hydrogens is 287 g/mol. The van der Waals surface area contributed by atoms with Gasteiger partial charge in [0.15, 0.2) is 0 Å². The Morgan fingerprint density at radius 2 is 2.23 bits per heavy atom. The minimum absolute atomic E-state index is 0.121. The normalized spacial score (nSPS) is 12.5. The molecule has 0 bridgehead atoms. The molecule has 0 fully saturated rings. The van der Waals surface area contributed by atoms with E-state index in [0.717, 1.165) is 5.52 Å². The van der Waals surface area contributed by atoms with E-state index in [1.807, 2.05) is 0 Å². The Bertz CT molecular complexity index is 852. The van der Waals surface area contributed by atoms with Crippen molar-refractivity contribution in [2.75, 3.05) is 5.73 Å². The highest BCUT2D eigenvalue weighted by Gasteiger charge is 2.18. The highest BCUT2D eigenvalue weighted by molar-refractivity contribution is 5.98. The number of fused-ring (bicyclic) bond motifs is 1. The standard InChI is InChI=1S/C14H15FN6O/c1-7(12-18-14(16)20-19-12)17-13(22)11-6-8-5-9(15)3-4-10(8)21(11)2/h3-7H,1-2H3,(H,17,22)(H3,16,18,19,20)/t7-/m1/s1. The Morgan fingerprint density at radius 1 is 1.45 bits per heavy atom. The number of aryl methyl sites for hydroxylation is 1. The molecule has 0 saturated heterocycles. The van der Waals surface area contributed by atoms with Gasteiger partial charge in [-0.1, -0.05) is 0 Å². The Labute approximate surface area is 125 Å². The van der Waals surface area contributed by atoms with E-state index in [0.29, 0.717) is 16.9 Å². The van der Waals surface area contributed by atoms with Crippen LogP contribution in [0.4, 0.5) is 10.3 Å². The Kier molecular flexibility index (Phi) is 3.28. The van der Waals surface area contributed by atoms with Crippen LogP contribution in [0, 0.1) is 5.82 Å². The number of hydrogen-bond acceptors (Lipinski definition) is 4. The van der Waals surface area contributed by atoms with Crippen LogP contribution in [0.15, 0.2) is 24.3 Å². The molecule has 0 saturated carbocycles. The SMILES string of the molecule is C[C@@H](NC(=O)c1cc2cc(F)ccc2n1C)c1nc(N)n[nH]1. The van der Waals surface area contributed by atoms with Crippen molar-refractivity contribution in [3.63, 3.8) is 0 Å². The summed E-state index contributed by atoms with van der Waals surface area (Å²) in [5.74, 6) is -0.0380. The first-order valence-electron chi connectivity index (χ1n) is 6.69. The summed E-state index contributed by atoms with van der Waals surface area (Å²) < 4.78 is 15.0. The lowest BCUT2D eigenvalue weighted by molar-refractivity contribution is 0.0930. The van der Waals surface area contributed by atoms with Crippen molar-refractivity contribution in [3.05, 3.63) is 41.6 Å². The van der Waals surface area contributed by atoms with E-state index in [4.69, 9.17) is 5.73 Å². The molecule has 0 aliphatic carbocycles. The van der Waals surface area contributed by atoms with Gasteiger partial charge in [0.1, 0.15) is 17.3 Å². The molecule has 1 aromatic carbocycles. The number of nitrogen functional groups attached to an aromatic ring is 1. The third kappa shape index (κ3) is 2.39. The Hall–Kier alpha value is -2.90. The van der Waals surface area contributed by atoms with Crippen molar-refractivity contribution in [1.82, 2.24) is 25.1 Å². The van der Waals surface area contributed by atoms with Crippen molar-refractivity contribution < 1.29 is 9.18 Å². The molecule has 0 spiro atoms. The monoisotopic (exact) mass is 302 g/mol. The minimum atomic E-state index is -0.382. The molecule has 2 heterocycles. The number of benzene rings is 1. The molecule has 0 aliphatic heterocycles. The van der Waals surface area contributed by atoms with E-state index in [9.17, 15) is 9.18 Å². The van der Waals surface area contributed by atoms with Crippen molar-refractivity contribution in [2.45, 2.75) is 13.0 Å². The van der Waals surface area contributed by atoms with Crippen LogP contribution in [0.25, 0.3) is 10.9 Å². The number of nitrogens with one attached hydrogen (secondary N) is 2. The summed E-state index contributed by atoms with van der Waals surface area (Å²) in [5.41, 5.74) is 6.65. The van der Waals surface area contributed by atoms with Gasteiger partial charge in [0.25, 0.3) is 5.91 Å². The predicted octanol–water partition coefficient (Wildman–Crippen LogP) is 1.51. The van der Waals surface area contributed by atoms with E-state index >= 15 is 0 Å². The Balaban J connectivity index is 1.87. The van der Waals surface area contributed by atoms with Crippen LogP contribution in [-0.2, 0) is 7.05 Å². The number of carbonyl (C=O) groups is 1. The van der Waals surface area contributed by atoms with Crippen molar-refractivity contribution in [2.24, 2.45) is 7.05 Å². The van der Waals surface area contributed by atoms with Crippen LogP contribution < -0.4 is 11.1 Å². The number of rotatable bonds is 3. The number of carbonyl (C=O) groups excluding carboxylic acids is 1. The first-order chi connectivity index (χ1) is 10.5. The topological polar surface area (TPSA) is 102 Å². The van der Waals surface area contributed by atoms with Crippen LogP contribution >= 0.6 is 0 Å². The maximum atomic E-state index is 13.3. The number of anilines is 1. The largest absolute Gasteiger partial charge is 0.367 e. The third-order valence-electron chi connectivity index (χ3n) is 3.51. The number of hydrogen-bond donors (Lipinski definition) is 3. The maximum Gasteiger partial charge on any atom is 0.268 e. The molecule has 1 atom stereocenters. The van der Waals surface area contributed by atoms with Gasteiger partial charge in [-0.15, -0.1) is 5.10 Å². The number of amides is 1. The maximum absolute atomic E-state index is 13.3. The fourth-order valence-electron chi connectivity index (χ4n) is 2.36. The molecular formula is C14H15FN6O. The summed E-state index contributed by atoms with van der Waals surface area (Å²) in [6.07, 6.45) is 0. The number of aromatic nitrogens is 4. The average molecular weight is 302 g/mol. The highest BCUT2D eigenvalue weighted by Crippen LogP contribution is 2.20. The summed E-state index contributed by atoms with van der Waals surface area (Å²) in [4.78, 5) is 16.4. The predicted molar refractivity (Wildman–Crippen MR) is 79.6 cm³/mol. The number of nitrogens with two attached hydrogens (primary N) is 1. The molecule has 114 valence electrons. The van der Waals surface area contributed by atoms with Crippen LogP contribution in [0.1, 0.15) is 29.3 Å². The summed E-state index contributed by atoms with van der Waals surface area (Å²) in [5, 5.41) is 9.85. The second-order valence-corrected chi connectivity index (χ2v) is 5.07. The molecule has 4 N–H and O–H groups in total. The molecule has 3 aromatic rings. The van der Waals surface area contributed by atoms with Crippen molar-refractivity contribution >= 4 is 22.8 Å². The van der Waals surface area contributed by atoms with Crippen LogP contribution in [0.5, 0.6) is 0 Å². The molecule has 0 unspecified atom stereocenters. The molecule has 22 heavy (non-hydrogen) atoms. The third-order valence-corrected chi connectivity index (χ3v) is 3.51. The van der Waals surface area contributed by atoms with Gasteiger partial charge >= 0.3 is 0 Å². The van der Waals surface area contributed by atoms with Gasteiger partial charge in [0.2, 0.25) is 5.95 Å². The highest BCUT2D eigenvalue weighted by atomic mass is 19.1. The lowest BCUT2D eigenvalue weighted by atomic mass is 10.2. The first-order valence-corrected chi connectivity index (χ1v) is 6.69. The Morgan fingerprint density at radius 3 is 2.91 bits per heavy atom. The molecule has 1 amide bonds. The molecule has 7 nitrogen and oxygen atoms in total. The van der Waals surface area contributed by atoms with Gasteiger partial charge in [-0.3, -0.25) is 9.89 Å². The van der Waals surface area contributed by atoms with Crippen LogP contribution in [-0.4, -0.2) is 25.7 Å². The number of H-pyrrole nitrogens is 1. The van der Waals surface area contributed by atoms with Crippen molar-refractivity contribution in [3.8, 4) is 0 Å². The van der Waals surface area contributed by atoms with Gasteiger partial charge in [-0.25, -0.2) is 4.39 Å². The zero-order valence-corrected chi connectivity index (χ0v) is 12.1. The van der Waals surface area contributed by atoms with Crippen LogP contribution in [0.2, 0.25) is 0 Å². The lowest BCUT2D eigenvalue weighted by Gasteiger charge is -2.11. The van der Waals surface area contributed by atoms with E-state index < -0.39 is 0 Å². The zero-order valence-electron chi connectivity index (χ0n) is 12.1. The second-order valence-electron chi connectivity index (χ2n) is 5.07. The molecule has 0 aliphatic rings. The fourth-order valence-corrected chi connectivity index (χ4v) is 2.36. The second kappa shape index (κ2) is 5.14. The lowest BCUT2D eigenvalue weighted by Crippen LogP contribution is -2.28. The smallest absolute Gasteiger partial charge is 0.268 e.